The number of phenols is 1. The molecular weight excluding hydrogens is 346 g/mol. The molecule has 0 aliphatic carbocycles. The number of anilines is 1. The molecule has 0 atom stereocenters. The molecule has 2 heterocycles. The maximum atomic E-state index is 12.3. The maximum absolute atomic E-state index is 12.3. The van der Waals surface area contributed by atoms with E-state index in [4.69, 9.17) is 9.47 Å². The quantitative estimate of drug-likeness (QED) is 0.833. The van der Waals surface area contributed by atoms with Gasteiger partial charge < -0.3 is 24.8 Å². The fraction of sp³-hybridized carbons (Fsp3) is 0.350. The molecule has 7 nitrogen and oxygen atoms in total. The fourth-order valence-electron chi connectivity index (χ4n) is 3.34. The third-order valence-corrected chi connectivity index (χ3v) is 4.88. The molecule has 0 aromatic heterocycles. The fourth-order valence-corrected chi connectivity index (χ4v) is 3.34. The number of nitrogens with one attached hydrogen (secondary N) is 1. The van der Waals surface area contributed by atoms with Crippen molar-refractivity contribution < 1.29 is 19.4 Å². The molecule has 0 saturated carbocycles. The summed E-state index contributed by atoms with van der Waals surface area (Å²) >= 11 is 0. The highest BCUT2D eigenvalue weighted by Crippen LogP contribution is 2.32. The van der Waals surface area contributed by atoms with Crippen LogP contribution in [-0.2, 0) is 11.3 Å². The molecule has 1 fully saturated rings. The molecule has 142 valence electrons. The molecule has 2 aromatic rings. The number of ether oxygens (including phenoxy) is 2. The Kier molecular flexibility index (Phi) is 5.02. The van der Waals surface area contributed by atoms with Crippen LogP contribution in [0.25, 0.3) is 0 Å². The summed E-state index contributed by atoms with van der Waals surface area (Å²) in [6.07, 6.45) is 0. The summed E-state index contributed by atoms with van der Waals surface area (Å²) in [5, 5.41) is 12.4. The van der Waals surface area contributed by atoms with Crippen LogP contribution in [0.15, 0.2) is 42.5 Å². The Morgan fingerprint density at radius 3 is 2.52 bits per heavy atom. The first-order valence-corrected chi connectivity index (χ1v) is 9.09. The summed E-state index contributed by atoms with van der Waals surface area (Å²) in [6.45, 7) is 4.51. The SMILES string of the molecule is O=C(CN1CCN(c2ccc(O)cc2)CC1)NCc1ccc2c(c1)OCO2. The van der Waals surface area contributed by atoms with E-state index >= 15 is 0 Å². The molecule has 0 unspecified atom stereocenters. The molecule has 7 heteroatoms. The molecule has 2 N–H and O–H groups in total. The molecule has 2 aliphatic heterocycles. The smallest absolute Gasteiger partial charge is 0.234 e. The van der Waals surface area contributed by atoms with Gasteiger partial charge in [0.15, 0.2) is 11.5 Å². The lowest BCUT2D eigenvalue weighted by molar-refractivity contribution is -0.122. The van der Waals surface area contributed by atoms with Crippen molar-refractivity contribution in [2.24, 2.45) is 0 Å². The lowest BCUT2D eigenvalue weighted by Crippen LogP contribution is -2.49. The number of piperazine rings is 1. The van der Waals surface area contributed by atoms with E-state index in [1.54, 1.807) is 12.1 Å². The summed E-state index contributed by atoms with van der Waals surface area (Å²) < 4.78 is 10.7. The van der Waals surface area contributed by atoms with Crippen molar-refractivity contribution >= 4 is 11.6 Å². The summed E-state index contributed by atoms with van der Waals surface area (Å²) in [6, 6.07) is 12.9. The molecule has 0 radical (unpaired) electrons. The number of carbonyl (C=O) groups excluding carboxylic acids is 1. The van der Waals surface area contributed by atoms with Crippen LogP contribution < -0.4 is 19.7 Å². The minimum absolute atomic E-state index is 0.0192. The first kappa shape index (κ1) is 17.5. The standard InChI is InChI=1S/C20H23N3O4/c24-17-4-2-16(3-5-17)23-9-7-22(8-10-23)13-20(25)21-12-15-1-6-18-19(11-15)27-14-26-18/h1-6,11,24H,7-10,12-14H2,(H,21,25). The Morgan fingerprint density at radius 2 is 1.74 bits per heavy atom. The molecule has 1 saturated heterocycles. The van der Waals surface area contributed by atoms with E-state index < -0.39 is 0 Å². The Labute approximate surface area is 158 Å². The highest BCUT2D eigenvalue weighted by atomic mass is 16.7. The van der Waals surface area contributed by atoms with Crippen LogP contribution >= 0.6 is 0 Å². The van der Waals surface area contributed by atoms with Crippen LogP contribution in [0.4, 0.5) is 5.69 Å². The zero-order valence-electron chi connectivity index (χ0n) is 15.1. The third kappa shape index (κ3) is 4.25. The van der Waals surface area contributed by atoms with E-state index in [1.165, 1.54) is 0 Å². The van der Waals surface area contributed by atoms with E-state index in [2.05, 4.69) is 15.1 Å². The van der Waals surface area contributed by atoms with Crippen LogP contribution in [0.2, 0.25) is 0 Å². The first-order chi connectivity index (χ1) is 13.2. The Bertz CT molecular complexity index is 801. The molecule has 0 bridgehead atoms. The monoisotopic (exact) mass is 369 g/mol. The summed E-state index contributed by atoms with van der Waals surface area (Å²) in [5.74, 6) is 1.77. The first-order valence-electron chi connectivity index (χ1n) is 9.09. The van der Waals surface area contributed by atoms with Crippen molar-refractivity contribution in [2.45, 2.75) is 6.54 Å². The van der Waals surface area contributed by atoms with E-state index in [9.17, 15) is 9.90 Å². The van der Waals surface area contributed by atoms with Crippen LogP contribution in [0, 0.1) is 0 Å². The van der Waals surface area contributed by atoms with Gasteiger partial charge in [-0.2, -0.15) is 0 Å². The minimum Gasteiger partial charge on any atom is -0.508 e. The average molecular weight is 369 g/mol. The molecule has 4 rings (SSSR count). The summed E-state index contributed by atoms with van der Waals surface area (Å²) in [4.78, 5) is 16.7. The van der Waals surface area contributed by atoms with E-state index in [0.717, 1.165) is 48.9 Å². The van der Waals surface area contributed by atoms with Crippen molar-refractivity contribution in [1.29, 1.82) is 0 Å². The second-order valence-corrected chi connectivity index (χ2v) is 6.74. The van der Waals surface area contributed by atoms with Gasteiger partial charge in [0.1, 0.15) is 5.75 Å². The normalized spacial score (nSPS) is 16.4. The highest BCUT2D eigenvalue weighted by molar-refractivity contribution is 5.78. The van der Waals surface area contributed by atoms with Gasteiger partial charge in [0, 0.05) is 38.4 Å². The largest absolute Gasteiger partial charge is 0.508 e. The third-order valence-electron chi connectivity index (χ3n) is 4.88. The van der Waals surface area contributed by atoms with Gasteiger partial charge in [-0.25, -0.2) is 0 Å². The summed E-state index contributed by atoms with van der Waals surface area (Å²) in [5.41, 5.74) is 2.09. The lowest BCUT2D eigenvalue weighted by Gasteiger charge is -2.35. The molecule has 1 amide bonds. The zero-order valence-corrected chi connectivity index (χ0v) is 15.1. The lowest BCUT2D eigenvalue weighted by atomic mass is 10.2. The number of nitrogens with zero attached hydrogens (tertiary/aromatic N) is 2. The number of hydrogen-bond donors (Lipinski definition) is 2. The van der Waals surface area contributed by atoms with Gasteiger partial charge in [-0.15, -0.1) is 0 Å². The molecule has 0 spiro atoms. The number of fused-ring (bicyclic) bond motifs is 1. The summed E-state index contributed by atoms with van der Waals surface area (Å²) in [7, 11) is 0. The van der Waals surface area contributed by atoms with Crippen molar-refractivity contribution in [3.63, 3.8) is 0 Å². The number of benzene rings is 2. The minimum atomic E-state index is 0.0192. The zero-order chi connectivity index (χ0) is 18.6. The molecular formula is C20H23N3O4. The topological polar surface area (TPSA) is 74.3 Å². The predicted octanol–water partition coefficient (Wildman–Crippen LogP) is 1.56. The van der Waals surface area contributed by atoms with Gasteiger partial charge in [-0.3, -0.25) is 9.69 Å². The van der Waals surface area contributed by atoms with Crippen molar-refractivity contribution in [3.8, 4) is 17.2 Å². The van der Waals surface area contributed by atoms with E-state index in [1.807, 2.05) is 30.3 Å². The number of hydrogen-bond acceptors (Lipinski definition) is 6. The predicted molar refractivity (Wildman–Crippen MR) is 101 cm³/mol. The van der Waals surface area contributed by atoms with E-state index in [0.29, 0.717) is 13.1 Å². The van der Waals surface area contributed by atoms with Gasteiger partial charge in [0.05, 0.1) is 6.54 Å². The van der Waals surface area contributed by atoms with Gasteiger partial charge in [0.2, 0.25) is 12.7 Å². The van der Waals surface area contributed by atoms with Gasteiger partial charge >= 0.3 is 0 Å². The number of aromatic hydroxyl groups is 1. The Balaban J connectivity index is 1.22. The second kappa shape index (κ2) is 7.75. The van der Waals surface area contributed by atoms with Gasteiger partial charge in [0.25, 0.3) is 0 Å². The van der Waals surface area contributed by atoms with Crippen LogP contribution in [-0.4, -0.2) is 55.4 Å². The van der Waals surface area contributed by atoms with Crippen molar-refractivity contribution in [2.75, 3.05) is 44.4 Å². The Hall–Kier alpha value is -2.93. The molecule has 2 aliphatic rings. The van der Waals surface area contributed by atoms with Gasteiger partial charge in [-0.1, -0.05) is 6.07 Å². The number of phenolic OH excluding ortho intramolecular Hbond substituents is 1. The second-order valence-electron chi connectivity index (χ2n) is 6.74. The van der Waals surface area contributed by atoms with Gasteiger partial charge in [-0.05, 0) is 42.0 Å². The molecule has 2 aromatic carbocycles. The number of amides is 1. The van der Waals surface area contributed by atoms with Crippen molar-refractivity contribution in [3.05, 3.63) is 48.0 Å². The number of rotatable bonds is 5. The highest BCUT2D eigenvalue weighted by Gasteiger charge is 2.19. The average Bonchev–Trinajstić information content (AvgIpc) is 3.15. The van der Waals surface area contributed by atoms with Crippen molar-refractivity contribution in [1.82, 2.24) is 10.2 Å². The van der Waals surface area contributed by atoms with Crippen LogP contribution in [0.5, 0.6) is 17.2 Å². The number of carbonyl (C=O) groups is 1. The maximum Gasteiger partial charge on any atom is 0.234 e. The van der Waals surface area contributed by atoms with Crippen LogP contribution in [0.1, 0.15) is 5.56 Å². The van der Waals surface area contributed by atoms with Crippen LogP contribution in [0.3, 0.4) is 0 Å². The molecule has 27 heavy (non-hydrogen) atoms. The van der Waals surface area contributed by atoms with E-state index in [-0.39, 0.29) is 18.4 Å². The Morgan fingerprint density at radius 1 is 1.00 bits per heavy atom.